The lowest BCUT2D eigenvalue weighted by Crippen LogP contribution is -2.18. The summed E-state index contributed by atoms with van der Waals surface area (Å²) in [5, 5.41) is 3.37. The average Bonchev–Trinajstić information content (AvgIpc) is 2.78. The molecule has 0 aromatic carbocycles. The van der Waals surface area contributed by atoms with E-state index in [1.165, 1.54) is 0 Å². The molecule has 122 valence electrons. The maximum absolute atomic E-state index is 5.72. The molecule has 1 aromatic heterocycles. The lowest BCUT2D eigenvalue weighted by atomic mass is 10.2. The molecule has 0 fully saturated rings. The molecule has 0 saturated carbocycles. The molecule has 1 rings (SSSR count). The minimum absolute atomic E-state index is 0.563. The molecule has 1 aromatic rings. The highest BCUT2D eigenvalue weighted by Crippen LogP contribution is 2.15. The van der Waals surface area contributed by atoms with Crippen molar-refractivity contribution in [3.8, 4) is 0 Å². The third-order valence-corrected chi connectivity index (χ3v) is 2.98. The molecule has 0 aliphatic carbocycles. The van der Waals surface area contributed by atoms with Crippen LogP contribution in [0.4, 0.5) is 0 Å². The summed E-state index contributed by atoms with van der Waals surface area (Å²) in [6.07, 6.45) is 0. The van der Waals surface area contributed by atoms with Crippen LogP contribution in [0.3, 0.4) is 0 Å². The molecule has 0 radical (unpaired) electrons. The first-order valence-corrected chi connectivity index (χ1v) is 7.56. The molecule has 21 heavy (non-hydrogen) atoms. The maximum Gasteiger partial charge on any atom is 0.118 e. The van der Waals surface area contributed by atoms with Crippen molar-refractivity contribution < 1.29 is 18.6 Å². The van der Waals surface area contributed by atoms with Crippen LogP contribution in [-0.4, -0.2) is 40.1 Å². The van der Waals surface area contributed by atoms with Crippen LogP contribution < -0.4 is 5.32 Å². The van der Waals surface area contributed by atoms with Crippen LogP contribution in [-0.2, 0) is 27.4 Å². The van der Waals surface area contributed by atoms with E-state index in [9.17, 15) is 0 Å². The first kappa shape index (κ1) is 18.2. The molecule has 0 spiro atoms. The van der Waals surface area contributed by atoms with Crippen molar-refractivity contribution in [1.29, 1.82) is 0 Å². The summed E-state index contributed by atoms with van der Waals surface area (Å²) in [4.78, 5) is 0. The fourth-order valence-electron chi connectivity index (χ4n) is 1.85. The van der Waals surface area contributed by atoms with E-state index >= 15 is 0 Å². The first-order valence-electron chi connectivity index (χ1n) is 7.56. The number of hydrogen-bond acceptors (Lipinski definition) is 5. The second-order valence-corrected chi connectivity index (χ2v) is 5.48. The molecule has 1 N–H and O–H groups in total. The summed E-state index contributed by atoms with van der Waals surface area (Å²) in [7, 11) is 1.66. The second-order valence-electron chi connectivity index (χ2n) is 5.48. The van der Waals surface area contributed by atoms with E-state index in [1.807, 2.05) is 6.92 Å². The molecule has 5 nitrogen and oxygen atoms in total. The van der Waals surface area contributed by atoms with Gasteiger partial charge < -0.3 is 23.9 Å². The van der Waals surface area contributed by atoms with E-state index in [0.29, 0.717) is 39.0 Å². The second kappa shape index (κ2) is 10.8. The van der Waals surface area contributed by atoms with E-state index in [0.717, 1.165) is 30.2 Å². The Hall–Kier alpha value is -0.880. The number of rotatable bonds is 12. The highest BCUT2D eigenvalue weighted by atomic mass is 16.5. The molecule has 5 heteroatoms. The molecule has 0 unspecified atom stereocenters. The third kappa shape index (κ3) is 8.21. The fraction of sp³-hybridized carbons (Fsp3) is 0.750. The van der Waals surface area contributed by atoms with Crippen LogP contribution >= 0.6 is 0 Å². The standard InChI is InChI=1S/C16H29NO4/c1-13(2)10-17-11-16-9-15(14(3)21-16)12-20-8-7-19-6-5-18-4/h9,13,17H,5-8,10-12H2,1-4H3. The summed E-state index contributed by atoms with van der Waals surface area (Å²) in [6, 6.07) is 2.06. The van der Waals surface area contributed by atoms with E-state index in [1.54, 1.807) is 7.11 Å². The van der Waals surface area contributed by atoms with Crippen molar-refractivity contribution in [1.82, 2.24) is 5.32 Å². The van der Waals surface area contributed by atoms with E-state index in [-0.39, 0.29) is 0 Å². The number of aryl methyl sites for hydroxylation is 1. The van der Waals surface area contributed by atoms with Gasteiger partial charge in [-0.1, -0.05) is 13.8 Å². The zero-order valence-corrected chi connectivity index (χ0v) is 13.7. The lowest BCUT2D eigenvalue weighted by molar-refractivity contribution is 0.0197. The van der Waals surface area contributed by atoms with Crippen LogP contribution in [0.5, 0.6) is 0 Å². The van der Waals surface area contributed by atoms with Crippen LogP contribution in [0.25, 0.3) is 0 Å². The maximum atomic E-state index is 5.72. The van der Waals surface area contributed by atoms with Crippen LogP contribution in [0, 0.1) is 12.8 Å². The van der Waals surface area contributed by atoms with Gasteiger partial charge in [0.15, 0.2) is 0 Å². The Morgan fingerprint density at radius 3 is 2.57 bits per heavy atom. The predicted molar refractivity (Wildman–Crippen MR) is 82.3 cm³/mol. The molecule has 0 atom stereocenters. The largest absolute Gasteiger partial charge is 0.465 e. The number of ether oxygens (including phenoxy) is 3. The van der Waals surface area contributed by atoms with Gasteiger partial charge in [-0.05, 0) is 25.5 Å². The van der Waals surface area contributed by atoms with Gasteiger partial charge in [-0.15, -0.1) is 0 Å². The molecule has 0 aliphatic rings. The van der Waals surface area contributed by atoms with Gasteiger partial charge in [0.1, 0.15) is 11.5 Å². The van der Waals surface area contributed by atoms with Crippen molar-refractivity contribution in [2.75, 3.05) is 40.1 Å². The van der Waals surface area contributed by atoms with Crippen LogP contribution in [0.1, 0.15) is 30.9 Å². The Labute approximate surface area is 127 Å². The Morgan fingerprint density at radius 1 is 1.14 bits per heavy atom. The third-order valence-electron chi connectivity index (χ3n) is 2.98. The van der Waals surface area contributed by atoms with Crippen LogP contribution in [0.15, 0.2) is 10.5 Å². The van der Waals surface area contributed by atoms with Gasteiger partial charge in [0, 0.05) is 12.7 Å². The Morgan fingerprint density at radius 2 is 1.86 bits per heavy atom. The Bertz CT molecular complexity index is 376. The van der Waals surface area contributed by atoms with Crippen molar-refractivity contribution in [3.63, 3.8) is 0 Å². The fourth-order valence-corrected chi connectivity index (χ4v) is 1.85. The normalized spacial score (nSPS) is 11.5. The molecule has 0 aliphatic heterocycles. The van der Waals surface area contributed by atoms with Gasteiger partial charge in [-0.2, -0.15) is 0 Å². The molecule has 0 bridgehead atoms. The molecule has 1 heterocycles. The molecule has 0 saturated heterocycles. The Balaban J connectivity index is 2.18. The number of nitrogens with one attached hydrogen (secondary N) is 1. The summed E-state index contributed by atoms with van der Waals surface area (Å²) in [6.45, 7) is 11.1. The zero-order chi connectivity index (χ0) is 15.5. The van der Waals surface area contributed by atoms with Gasteiger partial charge in [-0.25, -0.2) is 0 Å². The average molecular weight is 299 g/mol. The van der Waals surface area contributed by atoms with Crippen molar-refractivity contribution in [3.05, 3.63) is 23.2 Å². The van der Waals surface area contributed by atoms with Crippen molar-refractivity contribution >= 4 is 0 Å². The summed E-state index contributed by atoms with van der Waals surface area (Å²) in [5.41, 5.74) is 1.10. The van der Waals surface area contributed by atoms with Gasteiger partial charge in [0.2, 0.25) is 0 Å². The predicted octanol–water partition coefficient (Wildman–Crippen LogP) is 2.51. The number of methoxy groups -OCH3 is 1. The van der Waals surface area contributed by atoms with Gasteiger partial charge in [-0.3, -0.25) is 0 Å². The number of hydrogen-bond donors (Lipinski definition) is 1. The van der Waals surface area contributed by atoms with Gasteiger partial charge in [0.25, 0.3) is 0 Å². The van der Waals surface area contributed by atoms with Crippen molar-refractivity contribution in [2.24, 2.45) is 5.92 Å². The molecular formula is C16H29NO4. The lowest BCUT2D eigenvalue weighted by Gasteiger charge is -2.05. The first-order chi connectivity index (χ1) is 10.1. The van der Waals surface area contributed by atoms with E-state index < -0.39 is 0 Å². The topological polar surface area (TPSA) is 52.9 Å². The summed E-state index contributed by atoms with van der Waals surface area (Å²) < 4.78 is 21.5. The minimum Gasteiger partial charge on any atom is -0.465 e. The Kier molecular flexibility index (Phi) is 9.34. The molecular weight excluding hydrogens is 270 g/mol. The zero-order valence-electron chi connectivity index (χ0n) is 13.7. The van der Waals surface area contributed by atoms with E-state index in [4.69, 9.17) is 18.6 Å². The quantitative estimate of drug-likeness (QED) is 0.601. The number of furan rings is 1. The summed E-state index contributed by atoms with van der Waals surface area (Å²) >= 11 is 0. The minimum atomic E-state index is 0.563. The van der Waals surface area contributed by atoms with Crippen molar-refractivity contribution in [2.45, 2.75) is 33.9 Å². The monoisotopic (exact) mass is 299 g/mol. The highest BCUT2D eigenvalue weighted by Gasteiger charge is 2.07. The van der Waals surface area contributed by atoms with Gasteiger partial charge >= 0.3 is 0 Å². The SMILES string of the molecule is COCCOCCOCc1cc(CNCC(C)C)oc1C. The van der Waals surface area contributed by atoms with Crippen LogP contribution in [0.2, 0.25) is 0 Å². The summed E-state index contributed by atoms with van der Waals surface area (Å²) in [5.74, 6) is 2.53. The smallest absolute Gasteiger partial charge is 0.118 e. The van der Waals surface area contributed by atoms with Gasteiger partial charge in [0.05, 0.1) is 39.6 Å². The van der Waals surface area contributed by atoms with E-state index in [2.05, 4.69) is 25.2 Å². The molecule has 0 amide bonds. The highest BCUT2D eigenvalue weighted by molar-refractivity contribution is 5.19.